The van der Waals surface area contributed by atoms with Crippen molar-refractivity contribution in [3.05, 3.63) is 41.5 Å². The van der Waals surface area contributed by atoms with E-state index in [9.17, 15) is 0 Å². The second-order valence-electron chi connectivity index (χ2n) is 3.57. The fourth-order valence-corrected chi connectivity index (χ4v) is 2.34. The van der Waals surface area contributed by atoms with Crippen molar-refractivity contribution in [1.29, 1.82) is 5.26 Å². The molecule has 0 aromatic heterocycles. The molecule has 0 N–H and O–H groups in total. The Morgan fingerprint density at radius 3 is 2.79 bits per heavy atom. The van der Waals surface area contributed by atoms with Gasteiger partial charge in [-0.2, -0.15) is 5.26 Å². The van der Waals surface area contributed by atoms with E-state index in [1.807, 2.05) is 13.0 Å². The molecule has 68 valence electrons. The van der Waals surface area contributed by atoms with Crippen LogP contribution in [0.4, 0.5) is 0 Å². The number of hydrogen-bond donors (Lipinski definition) is 0. The molecule has 14 heavy (non-hydrogen) atoms. The molecule has 2 rings (SSSR count). The first-order valence-corrected chi connectivity index (χ1v) is 5.62. The summed E-state index contributed by atoms with van der Waals surface area (Å²) < 4.78 is 0. The zero-order valence-electron chi connectivity index (χ0n) is 8.33. The average molecular weight is 197 g/mol. The van der Waals surface area contributed by atoms with E-state index in [2.05, 4.69) is 30.3 Å². The van der Waals surface area contributed by atoms with Crippen LogP contribution in [0.1, 0.15) is 11.1 Å². The summed E-state index contributed by atoms with van der Waals surface area (Å²) in [5.74, 6) is 0. The highest BCUT2D eigenvalue weighted by atomic mass is 28.1. The molecule has 0 amide bonds. The molecule has 0 saturated carbocycles. The van der Waals surface area contributed by atoms with Gasteiger partial charge in [-0.3, -0.25) is 0 Å². The standard InChI is InChI=1S/C12H11NSi/c1-8-5-11-9(6-10(8)7-13)3-2-4-12(11)14/h2-6H,1,14H3. The topological polar surface area (TPSA) is 23.8 Å². The maximum atomic E-state index is 8.91. The van der Waals surface area contributed by atoms with Crippen LogP contribution < -0.4 is 5.19 Å². The van der Waals surface area contributed by atoms with Crippen LogP contribution in [0.15, 0.2) is 30.3 Å². The molecular formula is C12H11NSi. The lowest BCUT2D eigenvalue weighted by Crippen LogP contribution is -2.03. The molecule has 0 aliphatic heterocycles. The SMILES string of the molecule is Cc1cc2c([SiH3])cccc2cc1C#N. The smallest absolute Gasteiger partial charge is 0.0994 e. The van der Waals surface area contributed by atoms with Crippen molar-refractivity contribution < 1.29 is 0 Å². The summed E-state index contributed by atoms with van der Waals surface area (Å²) in [6.07, 6.45) is 0. The zero-order valence-corrected chi connectivity index (χ0v) is 10.3. The van der Waals surface area contributed by atoms with Crippen molar-refractivity contribution in [3.63, 3.8) is 0 Å². The molecule has 2 aromatic carbocycles. The monoisotopic (exact) mass is 197 g/mol. The molecule has 2 heteroatoms. The second kappa shape index (κ2) is 3.28. The summed E-state index contributed by atoms with van der Waals surface area (Å²) in [5, 5.41) is 12.8. The third-order valence-electron chi connectivity index (χ3n) is 2.56. The van der Waals surface area contributed by atoms with E-state index >= 15 is 0 Å². The number of fused-ring (bicyclic) bond motifs is 1. The number of hydrogen-bond acceptors (Lipinski definition) is 1. The van der Waals surface area contributed by atoms with E-state index < -0.39 is 0 Å². The quantitative estimate of drug-likeness (QED) is 0.578. The molecule has 0 radical (unpaired) electrons. The lowest BCUT2D eigenvalue weighted by Gasteiger charge is -2.04. The molecule has 1 nitrogen and oxygen atoms in total. The number of nitriles is 1. The van der Waals surface area contributed by atoms with Crippen molar-refractivity contribution in [2.45, 2.75) is 6.92 Å². The van der Waals surface area contributed by atoms with Crippen LogP contribution >= 0.6 is 0 Å². The molecule has 0 heterocycles. The normalized spacial score (nSPS) is 10.3. The van der Waals surface area contributed by atoms with Gasteiger partial charge >= 0.3 is 0 Å². The van der Waals surface area contributed by atoms with Crippen molar-refractivity contribution in [2.75, 3.05) is 0 Å². The van der Waals surface area contributed by atoms with Gasteiger partial charge in [-0.25, -0.2) is 0 Å². The van der Waals surface area contributed by atoms with Crippen molar-refractivity contribution in [2.24, 2.45) is 0 Å². The van der Waals surface area contributed by atoms with Gasteiger partial charge < -0.3 is 0 Å². The number of nitrogens with zero attached hydrogens (tertiary/aromatic N) is 1. The highest BCUT2D eigenvalue weighted by molar-refractivity contribution is 6.38. The minimum atomic E-state index is 0.782. The van der Waals surface area contributed by atoms with Crippen LogP contribution in [-0.4, -0.2) is 10.2 Å². The fourth-order valence-electron chi connectivity index (χ4n) is 1.71. The van der Waals surface area contributed by atoms with Gasteiger partial charge in [0.15, 0.2) is 0 Å². The Bertz CT molecular complexity index is 538. The van der Waals surface area contributed by atoms with E-state index in [-0.39, 0.29) is 0 Å². The van der Waals surface area contributed by atoms with E-state index in [1.54, 1.807) is 0 Å². The first-order chi connectivity index (χ1) is 6.72. The van der Waals surface area contributed by atoms with Crippen LogP contribution in [-0.2, 0) is 0 Å². The molecule has 0 fully saturated rings. The molecule has 0 spiro atoms. The average Bonchev–Trinajstić information content (AvgIpc) is 2.19. The Balaban J connectivity index is 2.88. The van der Waals surface area contributed by atoms with Gasteiger partial charge in [-0.15, -0.1) is 0 Å². The summed E-state index contributed by atoms with van der Waals surface area (Å²) in [6, 6.07) is 12.6. The van der Waals surface area contributed by atoms with Gasteiger partial charge in [0.05, 0.1) is 11.6 Å². The molecule has 2 aromatic rings. The Hall–Kier alpha value is -1.59. The van der Waals surface area contributed by atoms with Gasteiger partial charge in [-0.1, -0.05) is 29.5 Å². The Morgan fingerprint density at radius 2 is 2.07 bits per heavy atom. The fraction of sp³-hybridized carbons (Fsp3) is 0.0833. The molecule has 0 aliphatic rings. The van der Waals surface area contributed by atoms with Gasteiger partial charge in [-0.05, 0) is 29.3 Å². The van der Waals surface area contributed by atoms with Crippen LogP contribution in [0, 0.1) is 18.3 Å². The predicted molar refractivity (Wildman–Crippen MR) is 63.0 cm³/mol. The van der Waals surface area contributed by atoms with Crippen LogP contribution in [0.3, 0.4) is 0 Å². The summed E-state index contributed by atoms with van der Waals surface area (Å²) >= 11 is 0. The van der Waals surface area contributed by atoms with Crippen LogP contribution in [0.25, 0.3) is 10.8 Å². The van der Waals surface area contributed by atoms with Crippen molar-refractivity contribution in [3.8, 4) is 6.07 Å². The lowest BCUT2D eigenvalue weighted by atomic mass is 10.0. The molecule has 0 unspecified atom stereocenters. The van der Waals surface area contributed by atoms with Gasteiger partial charge in [0.25, 0.3) is 0 Å². The summed E-state index contributed by atoms with van der Waals surface area (Å²) in [7, 11) is 1.05. The van der Waals surface area contributed by atoms with E-state index in [0.29, 0.717) is 0 Å². The molecular weight excluding hydrogens is 186 g/mol. The second-order valence-corrected chi connectivity index (χ2v) is 4.65. The maximum absolute atomic E-state index is 8.91. The summed E-state index contributed by atoms with van der Waals surface area (Å²) in [5.41, 5.74) is 1.85. The van der Waals surface area contributed by atoms with Gasteiger partial charge in [0.2, 0.25) is 0 Å². The van der Waals surface area contributed by atoms with Crippen molar-refractivity contribution in [1.82, 2.24) is 0 Å². The molecule has 0 saturated heterocycles. The summed E-state index contributed by atoms with van der Waals surface area (Å²) in [4.78, 5) is 0. The molecule has 0 bridgehead atoms. The lowest BCUT2D eigenvalue weighted by molar-refractivity contribution is 1.42. The largest absolute Gasteiger partial charge is 0.192 e. The first kappa shape index (κ1) is 8.98. The Morgan fingerprint density at radius 1 is 1.29 bits per heavy atom. The maximum Gasteiger partial charge on any atom is 0.0994 e. The van der Waals surface area contributed by atoms with E-state index in [4.69, 9.17) is 5.26 Å². The minimum Gasteiger partial charge on any atom is -0.192 e. The van der Waals surface area contributed by atoms with E-state index in [1.165, 1.54) is 16.0 Å². The number of aryl methyl sites for hydroxylation is 1. The number of rotatable bonds is 0. The van der Waals surface area contributed by atoms with Gasteiger partial charge in [0.1, 0.15) is 0 Å². The Kier molecular flexibility index (Phi) is 2.10. The summed E-state index contributed by atoms with van der Waals surface area (Å²) in [6.45, 7) is 1.99. The van der Waals surface area contributed by atoms with Crippen molar-refractivity contribution >= 4 is 26.2 Å². The third kappa shape index (κ3) is 1.32. The highest BCUT2D eigenvalue weighted by Gasteiger charge is 2.01. The van der Waals surface area contributed by atoms with E-state index in [0.717, 1.165) is 21.4 Å². The van der Waals surface area contributed by atoms with Gasteiger partial charge in [0, 0.05) is 10.2 Å². The number of benzene rings is 2. The third-order valence-corrected chi connectivity index (χ3v) is 3.44. The zero-order chi connectivity index (χ0) is 10.1. The minimum absolute atomic E-state index is 0.782. The first-order valence-electron chi connectivity index (χ1n) is 4.62. The Labute approximate surface area is 86.4 Å². The van der Waals surface area contributed by atoms with Crippen LogP contribution in [0.5, 0.6) is 0 Å². The highest BCUT2D eigenvalue weighted by Crippen LogP contribution is 2.17. The predicted octanol–water partition coefficient (Wildman–Crippen LogP) is 1.01. The van der Waals surface area contributed by atoms with Crippen LogP contribution in [0.2, 0.25) is 0 Å². The molecule has 0 atom stereocenters. The molecule has 0 aliphatic carbocycles.